The van der Waals surface area contributed by atoms with Crippen LogP contribution in [-0.4, -0.2) is 30.0 Å². The number of ether oxygens (including phenoxy) is 1. The normalized spacial score (nSPS) is 16.9. The van der Waals surface area contributed by atoms with Crippen molar-refractivity contribution in [1.29, 1.82) is 5.26 Å². The van der Waals surface area contributed by atoms with Gasteiger partial charge in [-0.25, -0.2) is 13.2 Å². The van der Waals surface area contributed by atoms with Gasteiger partial charge < -0.3 is 14.6 Å². The minimum Gasteiger partial charge on any atom is -0.361 e. The zero-order chi connectivity index (χ0) is 26.0. The van der Waals surface area contributed by atoms with E-state index in [0.717, 1.165) is 60.7 Å². The fraction of sp³-hybridized carbons (Fsp3) is 0.300. The molecule has 5 rings (SSSR count). The molecule has 0 saturated carbocycles. The number of nitrogens with zero attached hydrogens (tertiary/aromatic N) is 2. The molecule has 0 aliphatic carbocycles. The van der Waals surface area contributed by atoms with E-state index in [0.29, 0.717) is 29.5 Å². The van der Waals surface area contributed by atoms with Gasteiger partial charge in [-0.15, -0.1) is 0 Å². The number of rotatable bonds is 9. The first-order valence-electron chi connectivity index (χ1n) is 12.5. The number of fused-ring (bicyclic) bond motifs is 2. The van der Waals surface area contributed by atoms with Crippen LogP contribution in [0.1, 0.15) is 47.1 Å². The summed E-state index contributed by atoms with van der Waals surface area (Å²) in [4.78, 5) is 5.12. The number of H-pyrrole nitrogens is 1. The number of hydrogen-bond donors (Lipinski definition) is 1. The van der Waals surface area contributed by atoms with Crippen molar-refractivity contribution in [3.63, 3.8) is 0 Å². The predicted molar refractivity (Wildman–Crippen MR) is 136 cm³/mol. The Kier molecular flexibility index (Phi) is 7.05. The standard InChI is InChI=1S/C30H28F3N3O/c1-36(13-10-21-18-35-29-26(21)15-25(32)16-28(29)33)12-3-2-11-30(23-5-7-24(31)8-6-23)27-9-4-20(17-34)14-22(27)19-37-30/h4-9,14-16,18,35H,2-3,10-13,19H2,1H3. The van der Waals surface area contributed by atoms with Gasteiger partial charge in [0.25, 0.3) is 0 Å². The minimum absolute atomic E-state index is 0.292. The first-order valence-corrected chi connectivity index (χ1v) is 12.5. The molecule has 37 heavy (non-hydrogen) atoms. The van der Waals surface area contributed by atoms with Crippen LogP contribution in [0.4, 0.5) is 13.2 Å². The van der Waals surface area contributed by atoms with E-state index in [2.05, 4.69) is 16.0 Å². The van der Waals surface area contributed by atoms with E-state index in [9.17, 15) is 18.4 Å². The van der Waals surface area contributed by atoms with E-state index in [4.69, 9.17) is 4.74 Å². The molecule has 0 amide bonds. The highest BCUT2D eigenvalue weighted by Gasteiger charge is 2.41. The van der Waals surface area contributed by atoms with E-state index in [-0.39, 0.29) is 5.82 Å². The van der Waals surface area contributed by atoms with Crippen LogP contribution in [0, 0.1) is 28.8 Å². The third-order valence-electron chi connectivity index (χ3n) is 7.33. The lowest BCUT2D eigenvalue weighted by atomic mass is 9.81. The second-order valence-corrected chi connectivity index (χ2v) is 9.74. The molecular weight excluding hydrogens is 475 g/mol. The summed E-state index contributed by atoms with van der Waals surface area (Å²) in [5, 5.41) is 9.87. The van der Waals surface area contributed by atoms with Crippen LogP contribution < -0.4 is 0 Å². The summed E-state index contributed by atoms with van der Waals surface area (Å²) in [5.74, 6) is -1.45. The first kappa shape index (κ1) is 25.1. The molecule has 0 fully saturated rings. The van der Waals surface area contributed by atoms with Crippen LogP contribution in [0.15, 0.2) is 60.8 Å². The lowest BCUT2D eigenvalue weighted by molar-refractivity contribution is -0.0136. The number of unbranched alkanes of at least 4 members (excludes halogenated alkanes) is 1. The zero-order valence-electron chi connectivity index (χ0n) is 20.7. The molecule has 1 aromatic heterocycles. The molecule has 4 nitrogen and oxygen atoms in total. The van der Waals surface area contributed by atoms with Gasteiger partial charge in [0, 0.05) is 24.2 Å². The maximum absolute atomic E-state index is 14.0. The quantitative estimate of drug-likeness (QED) is 0.263. The number of halogens is 3. The van der Waals surface area contributed by atoms with Gasteiger partial charge in [-0.2, -0.15) is 5.26 Å². The van der Waals surface area contributed by atoms with Gasteiger partial charge in [0.05, 0.1) is 23.8 Å². The van der Waals surface area contributed by atoms with E-state index in [1.807, 2.05) is 25.2 Å². The molecule has 0 saturated heterocycles. The summed E-state index contributed by atoms with van der Waals surface area (Å²) in [5.41, 5.74) is 4.09. The fourth-order valence-electron chi connectivity index (χ4n) is 5.36. The second-order valence-electron chi connectivity index (χ2n) is 9.74. The van der Waals surface area contributed by atoms with Gasteiger partial charge in [0.1, 0.15) is 23.1 Å². The second kappa shape index (κ2) is 10.4. The first-order chi connectivity index (χ1) is 17.9. The summed E-state index contributed by atoms with van der Waals surface area (Å²) >= 11 is 0. The molecule has 0 spiro atoms. The van der Waals surface area contributed by atoms with Gasteiger partial charge >= 0.3 is 0 Å². The summed E-state index contributed by atoms with van der Waals surface area (Å²) in [7, 11) is 2.04. The third kappa shape index (κ3) is 5.00. The topological polar surface area (TPSA) is 52.0 Å². The van der Waals surface area contributed by atoms with Crippen LogP contribution in [0.2, 0.25) is 0 Å². The third-order valence-corrected chi connectivity index (χ3v) is 7.33. The molecule has 1 aliphatic rings. The summed E-state index contributed by atoms with van der Waals surface area (Å²) in [6, 6.07) is 16.6. The molecule has 1 unspecified atom stereocenters. The molecule has 4 aromatic rings. The molecule has 0 radical (unpaired) electrons. The Hall–Kier alpha value is -3.60. The number of nitriles is 1. The molecule has 7 heteroatoms. The molecule has 190 valence electrons. The van der Waals surface area contributed by atoms with Crippen LogP contribution in [0.5, 0.6) is 0 Å². The van der Waals surface area contributed by atoms with Gasteiger partial charge in [0.2, 0.25) is 0 Å². The van der Waals surface area contributed by atoms with Crippen molar-refractivity contribution in [3.05, 3.63) is 106 Å². The van der Waals surface area contributed by atoms with Crippen molar-refractivity contribution in [2.24, 2.45) is 0 Å². The van der Waals surface area contributed by atoms with E-state index in [1.54, 1.807) is 18.3 Å². The smallest absolute Gasteiger partial charge is 0.150 e. The average molecular weight is 504 g/mol. The van der Waals surface area contributed by atoms with Crippen molar-refractivity contribution in [3.8, 4) is 6.07 Å². The van der Waals surface area contributed by atoms with Crippen LogP contribution in [-0.2, 0) is 23.4 Å². The molecule has 0 bridgehead atoms. The zero-order valence-corrected chi connectivity index (χ0v) is 20.7. The van der Waals surface area contributed by atoms with E-state index < -0.39 is 17.2 Å². The highest BCUT2D eigenvalue weighted by molar-refractivity contribution is 5.83. The lowest BCUT2D eigenvalue weighted by Gasteiger charge is -2.31. The van der Waals surface area contributed by atoms with Crippen molar-refractivity contribution in [1.82, 2.24) is 9.88 Å². The number of benzene rings is 3. The highest BCUT2D eigenvalue weighted by atomic mass is 19.1. The van der Waals surface area contributed by atoms with Gasteiger partial charge in [-0.05, 0) is 91.9 Å². The minimum atomic E-state index is -0.673. The number of aromatic amines is 1. The van der Waals surface area contributed by atoms with Gasteiger partial charge in [-0.3, -0.25) is 0 Å². The molecule has 1 aliphatic heterocycles. The number of aromatic nitrogens is 1. The lowest BCUT2D eigenvalue weighted by Crippen LogP contribution is -2.28. The van der Waals surface area contributed by atoms with E-state index >= 15 is 0 Å². The Morgan fingerprint density at radius 1 is 1.00 bits per heavy atom. The van der Waals surface area contributed by atoms with Crippen molar-refractivity contribution in [2.75, 3.05) is 20.1 Å². The molecule has 3 aromatic carbocycles. The van der Waals surface area contributed by atoms with E-state index in [1.165, 1.54) is 18.2 Å². The SMILES string of the molecule is CN(CCCCC1(c2ccc(F)cc2)OCc2cc(C#N)ccc21)CCc1c[nH]c2c(F)cc(F)cc12. The fourth-order valence-corrected chi connectivity index (χ4v) is 5.36. The monoisotopic (exact) mass is 503 g/mol. The predicted octanol–water partition coefficient (Wildman–Crippen LogP) is 6.58. The Morgan fingerprint density at radius 2 is 1.81 bits per heavy atom. The average Bonchev–Trinajstić information content (AvgIpc) is 3.47. The number of nitrogens with one attached hydrogen (secondary N) is 1. The Bertz CT molecular complexity index is 1460. The Balaban J connectivity index is 1.22. The maximum atomic E-state index is 14.0. The maximum Gasteiger partial charge on any atom is 0.150 e. The Morgan fingerprint density at radius 3 is 2.59 bits per heavy atom. The van der Waals surface area contributed by atoms with Crippen molar-refractivity contribution < 1.29 is 17.9 Å². The molecule has 1 atom stereocenters. The largest absolute Gasteiger partial charge is 0.361 e. The van der Waals surface area contributed by atoms with Crippen LogP contribution in [0.3, 0.4) is 0 Å². The Labute approximate surface area is 214 Å². The van der Waals surface area contributed by atoms with Gasteiger partial charge in [-0.1, -0.05) is 18.2 Å². The van der Waals surface area contributed by atoms with Gasteiger partial charge in [0.15, 0.2) is 0 Å². The van der Waals surface area contributed by atoms with Crippen LogP contribution >= 0.6 is 0 Å². The van der Waals surface area contributed by atoms with Crippen molar-refractivity contribution >= 4 is 10.9 Å². The highest BCUT2D eigenvalue weighted by Crippen LogP contribution is 2.45. The summed E-state index contributed by atoms with van der Waals surface area (Å²) in [6.07, 6.45) is 4.96. The number of likely N-dealkylation sites (N-methyl/N-ethyl adjacent to an activating group) is 1. The summed E-state index contributed by atoms with van der Waals surface area (Å²) in [6.45, 7) is 2.02. The van der Waals surface area contributed by atoms with Crippen molar-refractivity contribution in [2.45, 2.75) is 37.9 Å². The molecule has 2 heterocycles. The van der Waals surface area contributed by atoms with Crippen LogP contribution in [0.25, 0.3) is 10.9 Å². The molecular formula is C30H28F3N3O. The number of hydrogen-bond acceptors (Lipinski definition) is 3. The molecule has 1 N–H and O–H groups in total. The summed E-state index contributed by atoms with van der Waals surface area (Å²) < 4.78 is 47.7.